The summed E-state index contributed by atoms with van der Waals surface area (Å²) in [7, 11) is -4.17. The van der Waals surface area contributed by atoms with E-state index in [4.69, 9.17) is 16.3 Å². The summed E-state index contributed by atoms with van der Waals surface area (Å²) in [6.45, 7) is 5.78. The first-order valence-electron chi connectivity index (χ1n) is 12.3. The summed E-state index contributed by atoms with van der Waals surface area (Å²) >= 11 is 6.07. The van der Waals surface area contributed by atoms with Gasteiger partial charge in [0.15, 0.2) is 0 Å². The number of alkyl halides is 6. The minimum absolute atomic E-state index is 0.0276. The van der Waals surface area contributed by atoms with Crippen LogP contribution in [-0.4, -0.2) is 77.5 Å². The molecule has 0 aromatic carbocycles. The van der Waals surface area contributed by atoms with Crippen LogP contribution in [0.4, 0.5) is 42.8 Å². The Bertz CT molecular complexity index is 1500. The summed E-state index contributed by atoms with van der Waals surface area (Å²) in [5.74, 6) is 5.11. The Morgan fingerprint density at radius 3 is 2.21 bits per heavy atom. The van der Waals surface area contributed by atoms with Gasteiger partial charge in [-0.05, 0) is 45.9 Å². The van der Waals surface area contributed by atoms with E-state index in [0.29, 0.717) is 6.07 Å². The summed E-state index contributed by atoms with van der Waals surface area (Å²) in [5.41, 5.74) is -7.64. The Hall–Kier alpha value is -3.33. The summed E-state index contributed by atoms with van der Waals surface area (Å²) in [5, 5.41) is 11.4. The van der Waals surface area contributed by atoms with E-state index in [0.717, 1.165) is 10.5 Å². The average Bonchev–Trinajstić information content (AvgIpc) is 2.86. The minimum atomic E-state index is -6.13. The Morgan fingerprint density at radius 2 is 1.72 bits per heavy atom. The first-order valence-corrected chi connectivity index (χ1v) is 14.1. The second-order valence-corrected chi connectivity index (χ2v) is 12.6. The van der Waals surface area contributed by atoms with Crippen LogP contribution in [-0.2, 0) is 20.4 Å². The van der Waals surface area contributed by atoms with Gasteiger partial charge in [-0.2, -0.15) is 30.6 Å². The number of hydrogen-bond acceptors (Lipinski definition) is 8. The molecule has 0 bridgehead atoms. The van der Waals surface area contributed by atoms with Gasteiger partial charge in [-0.1, -0.05) is 17.5 Å². The predicted molar refractivity (Wildman–Crippen MR) is 143 cm³/mol. The molecule has 3 heterocycles. The summed E-state index contributed by atoms with van der Waals surface area (Å²) in [6.07, 6.45) is -11.8. The maximum Gasteiger partial charge on any atom is 0.430 e. The molecule has 0 aliphatic carbocycles. The maximum atomic E-state index is 13.3. The number of nitrogens with one attached hydrogen (secondary N) is 1. The fourth-order valence-electron chi connectivity index (χ4n) is 4.01. The van der Waals surface area contributed by atoms with Gasteiger partial charge in [0.1, 0.15) is 28.2 Å². The van der Waals surface area contributed by atoms with Crippen LogP contribution in [0.15, 0.2) is 35.5 Å². The van der Waals surface area contributed by atoms with Crippen molar-refractivity contribution in [2.75, 3.05) is 29.9 Å². The molecule has 1 atom stereocenters. The van der Waals surface area contributed by atoms with Crippen LogP contribution >= 0.6 is 11.6 Å². The molecule has 2 aromatic rings. The fraction of sp³-hybridized carbons (Fsp3) is 0.480. The largest absolute Gasteiger partial charge is 0.444 e. The molecule has 0 spiro atoms. The van der Waals surface area contributed by atoms with Gasteiger partial charge in [-0.15, -0.1) is 5.92 Å². The molecule has 10 nitrogen and oxygen atoms in total. The number of carbonyl (C=O) groups excluding carboxylic acids is 1. The highest BCUT2D eigenvalue weighted by Crippen LogP contribution is 2.50. The van der Waals surface area contributed by atoms with Gasteiger partial charge >= 0.3 is 18.4 Å². The topological polar surface area (TPSA) is 125 Å². The zero-order chi connectivity index (χ0) is 32.6. The Labute approximate surface area is 248 Å². The van der Waals surface area contributed by atoms with Crippen molar-refractivity contribution in [1.29, 1.82) is 0 Å². The number of amides is 1. The molecule has 1 aliphatic heterocycles. The molecule has 236 valence electrons. The molecule has 0 saturated carbocycles. The molecule has 0 unspecified atom stereocenters. The van der Waals surface area contributed by atoms with Gasteiger partial charge in [-0.25, -0.2) is 23.2 Å². The highest BCUT2D eigenvalue weighted by Gasteiger charge is 2.71. The number of aliphatic hydroxyl groups is 1. The minimum Gasteiger partial charge on any atom is -0.444 e. The highest BCUT2D eigenvalue weighted by molar-refractivity contribution is 7.89. The lowest BCUT2D eigenvalue weighted by Gasteiger charge is -2.39. The normalized spacial score (nSPS) is 17.2. The SMILES string of the molecule is CC#C[C@H]1CN(S(=O)(=O)c2ccc(NC(=O)OC(C)(C)C)nc2)CCN1c1ncc(C(O)(C(F)(F)F)C(F)(F)F)cc1Cl. The number of pyridine rings is 2. The number of hydrogen-bond donors (Lipinski definition) is 2. The van der Waals surface area contributed by atoms with E-state index in [-0.39, 0.29) is 42.4 Å². The zero-order valence-corrected chi connectivity index (χ0v) is 24.6. The van der Waals surface area contributed by atoms with Crippen molar-refractivity contribution in [3.05, 3.63) is 41.2 Å². The van der Waals surface area contributed by atoms with E-state index in [1.54, 1.807) is 20.8 Å². The van der Waals surface area contributed by atoms with E-state index in [2.05, 4.69) is 27.1 Å². The van der Waals surface area contributed by atoms with Crippen molar-refractivity contribution in [3.63, 3.8) is 0 Å². The molecule has 18 heteroatoms. The summed E-state index contributed by atoms with van der Waals surface area (Å²) < 4.78 is 113. The van der Waals surface area contributed by atoms with Crippen molar-refractivity contribution in [1.82, 2.24) is 14.3 Å². The molecule has 1 fully saturated rings. The Morgan fingerprint density at radius 1 is 1.09 bits per heavy atom. The van der Waals surface area contributed by atoms with Crippen LogP contribution < -0.4 is 10.2 Å². The van der Waals surface area contributed by atoms with Crippen LogP contribution in [0.25, 0.3) is 0 Å². The molecule has 1 amide bonds. The number of anilines is 2. The lowest BCUT2D eigenvalue weighted by Crippen LogP contribution is -2.55. The molecule has 1 saturated heterocycles. The summed E-state index contributed by atoms with van der Waals surface area (Å²) in [6, 6.07) is 1.81. The third-order valence-corrected chi connectivity index (χ3v) is 8.12. The van der Waals surface area contributed by atoms with Crippen LogP contribution in [0.2, 0.25) is 5.02 Å². The quantitative estimate of drug-likeness (QED) is 0.351. The Balaban J connectivity index is 1.85. The third-order valence-electron chi connectivity index (χ3n) is 5.99. The van der Waals surface area contributed by atoms with Crippen LogP contribution in [0.1, 0.15) is 33.3 Å². The van der Waals surface area contributed by atoms with Gasteiger partial charge in [0.05, 0.1) is 5.02 Å². The molecular weight excluding hydrogens is 632 g/mol. The standard InChI is InChI=1S/C25H26ClF6N5O5S/c1-5-6-16-14-36(43(40,41)17-7-8-19(33-13-17)35-21(38)42-22(2,3)4)9-10-37(16)20-18(26)11-15(12-34-20)23(39,24(27,28)29)25(30,31)32/h7-8,11-13,16,39H,9-10,14H2,1-4H3,(H,33,35,38)/t16-/m0/s1. The van der Waals surface area contributed by atoms with E-state index >= 15 is 0 Å². The number of sulfonamides is 1. The number of ether oxygens (including phenoxy) is 1. The second kappa shape index (κ2) is 12.0. The van der Waals surface area contributed by atoms with Crippen LogP contribution in [0.5, 0.6) is 0 Å². The van der Waals surface area contributed by atoms with Gasteiger partial charge in [0, 0.05) is 37.6 Å². The van der Waals surface area contributed by atoms with Gasteiger partial charge in [0.25, 0.3) is 5.60 Å². The Kier molecular flexibility index (Phi) is 9.52. The molecular formula is C25H26ClF6N5O5S. The van der Waals surface area contributed by atoms with Crippen LogP contribution in [0.3, 0.4) is 0 Å². The average molecular weight is 658 g/mol. The molecule has 3 rings (SSSR count). The number of aromatic nitrogens is 2. The van der Waals surface area contributed by atoms with Gasteiger partial charge < -0.3 is 14.7 Å². The number of nitrogens with zero attached hydrogens (tertiary/aromatic N) is 4. The third kappa shape index (κ3) is 7.25. The van der Waals surface area contributed by atoms with E-state index in [1.807, 2.05) is 0 Å². The number of rotatable bonds is 5. The first-order chi connectivity index (χ1) is 19.6. The van der Waals surface area contributed by atoms with Gasteiger partial charge in [-0.3, -0.25) is 5.32 Å². The maximum absolute atomic E-state index is 13.3. The number of piperazine rings is 1. The van der Waals surface area contributed by atoms with Gasteiger partial charge in [0.2, 0.25) is 10.0 Å². The molecule has 2 aromatic heterocycles. The lowest BCUT2D eigenvalue weighted by atomic mass is 9.93. The molecule has 0 radical (unpaired) electrons. The van der Waals surface area contributed by atoms with Crippen LogP contribution in [0, 0.1) is 11.8 Å². The lowest BCUT2D eigenvalue weighted by molar-refractivity contribution is -0.376. The zero-order valence-electron chi connectivity index (χ0n) is 23.0. The predicted octanol–water partition coefficient (Wildman–Crippen LogP) is 4.69. The van der Waals surface area contributed by atoms with Crippen molar-refractivity contribution < 1.29 is 49.4 Å². The second-order valence-electron chi connectivity index (χ2n) is 10.2. The van der Waals surface area contributed by atoms with Crippen molar-refractivity contribution in [2.24, 2.45) is 0 Å². The van der Waals surface area contributed by atoms with Crippen molar-refractivity contribution >= 4 is 39.4 Å². The van der Waals surface area contributed by atoms with Crippen molar-refractivity contribution in [2.45, 2.75) is 62.2 Å². The number of halogens is 7. The molecule has 1 aliphatic rings. The fourth-order valence-corrected chi connectivity index (χ4v) is 5.67. The van der Waals surface area contributed by atoms with E-state index in [1.165, 1.54) is 24.0 Å². The molecule has 2 N–H and O–H groups in total. The number of carbonyl (C=O) groups is 1. The first kappa shape index (κ1) is 34.2. The van der Waals surface area contributed by atoms with E-state index < -0.39 is 56.3 Å². The van der Waals surface area contributed by atoms with E-state index in [9.17, 15) is 44.7 Å². The highest BCUT2D eigenvalue weighted by atomic mass is 35.5. The monoisotopic (exact) mass is 657 g/mol. The molecule has 43 heavy (non-hydrogen) atoms. The summed E-state index contributed by atoms with van der Waals surface area (Å²) in [4.78, 5) is 20.7. The smallest absolute Gasteiger partial charge is 0.430 e. The van der Waals surface area contributed by atoms with Crippen molar-refractivity contribution in [3.8, 4) is 11.8 Å².